The van der Waals surface area contributed by atoms with E-state index in [9.17, 15) is 10.2 Å². The van der Waals surface area contributed by atoms with Crippen molar-refractivity contribution in [2.75, 3.05) is 0 Å². The summed E-state index contributed by atoms with van der Waals surface area (Å²) in [6.45, 7) is 14.8. The first kappa shape index (κ1) is 40.6. The third-order valence-electron chi connectivity index (χ3n) is 11.9. The Bertz CT molecular complexity index is 2170. The summed E-state index contributed by atoms with van der Waals surface area (Å²) >= 11 is 0. The lowest BCUT2D eigenvalue weighted by molar-refractivity contribution is 0.279. The molecule has 6 heteroatoms. The lowest BCUT2D eigenvalue weighted by Crippen LogP contribution is -2.49. The van der Waals surface area contributed by atoms with Gasteiger partial charge in [-0.2, -0.15) is 0 Å². The molecule has 0 spiro atoms. The van der Waals surface area contributed by atoms with Gasteiger partial charge in [0.2, 0.25) is 0 Å². The molecule has 6 aromatic carbocycles. The van der Waals surface area contributed by atoms with Gasteiger partial charge in [-0.05, 0) is 99.9 Å². The molecule has 0 aromatic heterocycles. The number of phenols is 2. The maximum Gasteiger partial charge on any atom is 0.128 e. The van der Waals surface area contributed by atoms with E-state index in [4.69, 9.17) is 9.47 Å². The topological polar surface area (TPSA) is 83.0 Å². The van der Waals surface area contributed by atoms with Crippen LogP contribution in [0, 0.1) is 41.5 Å². The molecule has 0 bridgehead atoms. The van der Waals surface area contributed by atoms with Gasteiger partial charge in [-0.3, -0.25) is 0 Å². The monoisotopic (exact) mass is 774 g/mol. The third kappa shape index (κ3) is 9.25. The van der Waals surface area contributed by atoms with Crippen LogP contribution in [-0.4, -0.2) is 22.3 Å². The highest BCUT2D eigenvalue weighted by molar-refractivity contribution is 5.77. The largest absolute Gasteiger partial charge is 0.507 e. The lowest BCUT2D eigenvalue weighted by Gasteiger charge is -2.33. The van der Waals surface area contributed by atoms with Gasteiger partial charge in [0.1, 0.15) is 36.2 Å². The van der Waals surface area contributed by atoms with Crippen molar-refractivity contribution in [2.45, 2.75) is 106 Å². The molecule has 0 aliphatic heterocycles. The number of nitrogens with one attached hydrogen (secondary N) is 2. The summed E-state index contributed by atoms with van der Waals surface area (Å²) in [6, 6.07) is 37.0. The van der Waals surface area contributed by atoms with Crippen LogP contribution in [0.1, 0.15) is 81.3 Å². The molecule has 300 valence electrons. The fraction of sp³-hybridized carbons (Fsp3) is 0.308. The van der Waals surface area contributed by atoms with E-state index in [0.29, 0.717) is 26.3 Å². The van der Waals surface area contributed by atoms with Gasteiger partial charge in [0.15, 0.2) is 0 Å². The van der Waals surface area contributed by atoms with E-state index < -0.39 is 0 Å². The molecule has 2 atom stereocenters. The maximum absolute atomic E-state index is 11.7. The van der Waals surface area contributed by atoms with Crippen LogP contribution in [0.25, 0.3) is 22.3 Å². The summed E-state index contributed by atoms with van der Waals surface area (Å²) < 4.78 is 12.9. The van der Waals surface area contributed by atoms with Crippen molar-refractivity contribution < 1.29 is 19.7 Å². The first-order chi connectivity index (χ1) is 28.1. The highest BCUT2D eigenvalue weighted by Gasteiger charge is 2.26. The third-order valence-corrected chi connectivity index (χ3v) is 11.9. The molecule has 0 amide bonds. The molecule has 1 aliphatic rings. The average Bonchev–Trinajstić information content (AvgIpc) is 3.20. The minimum Gasteiger partial charge on any atom is -0.507 e. The molecule has 0 saturated heterocycles. The standard InChI is InChI=1S/C52H58N2O4/c1-33-25-35(3)45(36(4)26-33)31-57-49-23-11-7-17-41(49)43-19-13-15-39(51(43)55)29-53-47-21-9-10-22-48(47)54-30-40-16-14-20-44(52(40)56)42-18-8-12-24-50(42)58-32-46-37(5)27-34(2)28-38(46)6/h7-8,11-20,23-28,47-48,53-56H,9-10,21-22,29-32H2,1-6H3/t47-,48?/m0/s1. The van der Waals surface area contributed by atoms with Crippen LogP contribution in [0.15, 0.2) is 109 Å². The first-order valence-corrected chi connectivity index (χ1v) is 20.7. The molecule has 6 nitrogen and oxygen atoms in total. The highest BCUT2D eigenvalue weighted by atomic mass is 16.5. The fourth-order valence-electron chi connectivity index (χ4n) is 8.81. The van der Waals surface area contributed by atoms with Gasteiger partial charge in [0, 0.05) is 58.6 Å². The molecule has 4 N–H and O–H groups in total. The van der Waals surface area contributed by atoms with E-state index in [-0.39, 0.29) is 23.6 Å². The fourth-order valence-corrected chi connectivity index (χ4v) is 8.81. The molecular formula is C52H58N2O4. The van der Waals surface area contributed by atoms with Crippen LogP contribution >= 0.6 is 0 Å². The SMILES string of the molecule is Cc1cc(C)c(COc2ccccc2-c2cccc(CNC3CCCC[C@@H]3NCc3cccc(-c4ccccc4OCc4c(C)cc(C)cc4C)c3O)c2O)c(C)c1. The van der Waals surface area contributed by atoms with Crippen LogP contribution in [0.2, 0.25) is 0 Å². The van der Waals surface area contributed by atoms with Crippen molar-refractivity contribution in [3.63, 3.8) is 0 Å². The molecule has 6 aromatic rings. The van der Waals surface area contributed by atoms with Crippen LogP contribution < -0.4 is 20.1 Å². The summed E-state index contributed by atoms with van der Waals surface area (Å²) in [5.74, 6) is 2.03. The minimum atomic E-state index is 0.210. The second-order valence-corrected chi connectivity index (χ2v) is 16.2. The van der Waals surface area contributed by atoms with Crippen molar-refractivity contribution in [1.82, 2.24) is 10.6 Å². The number of para-hydroxylation sites is 4. The number of hydrogen-bond acceptors (Lipinski definition) is 6. The zero-order valence-electron chi connectivity index (χ0n) is 34.9. The van der Waals surface area contributed by atoms with Gasteiger partial charge >= 0.3 is 0 Å². The predicted molar refractivity (Wildman–Crippen MR) is 237 cm³/mol. The number of aromatic hydroxyl groups is 2. The van der Waals surface area contributed by atoms with E-state index in [2.05, 4.69) is 76.4 Å². The molecule has 7 rings (SSSR count). The summed E-state index contributed by atoms with van der Waals surface area (Å²) in [5, 5.41) is 30.9. The Balaban J connectivity index is 1.02. The van der Waals surface area contributed by atoms with Gasteiger partial charge in [-0.25, -0.2) is 0 Å². The van der Waals surface area contributed by atoms with Gasteiger partial charge in [0.25, 0.3) is 0 Å². The van der Waals surface area contributed by atoms with Crippen molar-refractivity contribution in [1.29, 1.82) is 0 Å². The number of hydrogen-bond donors (Lipinski definition) is 4. The Morgan fingerprint density at radius 2 is 0.845 bits per heavy atom. The molecule has 58 heavy (non-hydrogen) atoms. The molecule has 1 fully saturated rings. The predicted octanol–water partition coefficient (Wildman–Crippen LogP) is 11.6. The van der Waals surface area contributed by atoms with Gasteiger partial charge in [-0.1, -0.05) is 121 Å². The van der Waals surface area contributed by atoms with Crippen molar-refractivity contribution in [2.24, 2.45) is 0 Å². The Morgan fingerprint density at radius 1 is 0.483 bits per heavy atom. The summed E-state index contributed by atoms with van der Waals surface area (Å²) in [5.41, 5.74) is 14.7. The normalized spacial score (nSPS) is 15.3. The van der Waals surface area contributed by atoms with Crippen LogP contribution in [-0.2, 0) is 26.3 Å². The molecule has 0 heterocycles. The van der Waals surface area contributed by atoms with Gasteiger partial charge < -0.3 is 30.3 Å². The number of benzene rings is 6. The highest BCUT2D eigenvalue weighted by Crippen LogP contribution is 2.40. The number of phenolic OH excluding ortho intramolecular Hbond substituents is 2. The van der Waals surface area contributed by atoms with Crippen LogP contribution in [0.5, 0.6) is 23.0 Å². The second-order valence-electron chi connectivity index (χ2n) is 16.2. The Hall–Kier alpha value is -5.56. The van der Waals surface area contributed by atoms with E-state index in [1.807, 2.05) is 84.9 Å². The molecule has 1 saturated carbocycles. The van der Waals surface area contributed by atoms with E-state index in [1.165, 1.54) is 44.5 Å². The summed E-state index contributed by atoms with van der Waals surface area (Å²) in [6.07, 6.45) is 4.35. The lowest BCUT2D eigenvalue weighted by atomic mass is 9.89. The summed E-state index contributed by atoms with van der Waals surface area (Å²) in [7, 11) is 0. The Labute approximate surface area is 344 Å². The average molecular weight is 775 g/mol. The van der Waals surface area contributed by atoms with E-state index >= 15 is 0 Å². The molecule has 1 aliphatic carbocycles. The Morgan fingerprint density at radius 3 is 1.24 bits per heavy atom. The molecule has 1 unspecified atom stereocenters. The van der Waals surface area contributed by atoms with Gasteiger partial charge in [-0.15, -0.1) is 0 Å². The van der Waals surface area contributed by atoms with Crippen LogP contribution in [0.4, 0.5) is 0 Å². The van der Waals surface area contributed by atoms with E-state index in [0.717, 1.165) is 70.6 Å². The number of ether oxygens (including phenoxy) is 2. The van der Waals surface area contributed by atoms with Gasteiger partial charge in [0.05, 0.1) is 0 Å². The summed E-state index contributed by atoms with van der Waals surface area (Å²) in [4.78, 5) is 0. The van der Waals surface area contributed by atoms with Crippen LogP contribution in [0.3, 0.4) is 0 Å². The number of aryl methyl sites for hydroxylation is 6. The minimum absolute atomic E-state index is 0.210. The second kappa shape index (κ2) is 18.4. The van der Waals surface area contributed by atoms with Crippen molar-refractivity contribution in [3.05, 3.63) is 165 Å². The zero-order valence-corrected chi connectivity index (χ0v) is 34.9. The Kier molecular flexibility index (Phi) is 12.9. The quantitative estimate of drug-likeness (QED) is 0.0882. The first-order valence-electron chi connectivity index (χ1n) is 20.7. The van der Waals surface area contributed by atoms with E-state index in [1.54, 1.807) is 0 Å². The molecular weight excluding hydrogens is 717 g/mol. The smallest absolute Gasteiger partial charge is 0.128 e. The number of rotatable bonds is 14. The molecule has 0 radical (unpaired) electrons. The van der Waals surface area contributed by atoms with Crippen molar-refractivity contribution in [3.8, 4) is 45.3 Å². The zero-order chi connectivity index (χ0) is 40.8. The maximum atomic E-state index is 11.7. The van der Waals surface area contributed by atoms with Crippen molar-refractivity contribution >= 4 is 0 Å².